The molecule has 0 spiro atoms. The van der Waals surface area contributed by atoms with Gasteiger partial charge in [0.1, 0.15) is 42.7 Å². The Morgan fingerprint density at radius 3 is 2.13 bits per heavy atom. The first kappa shape index (κ1) is 41.9. The van der Waals surface area contributed by atoms with E-state index in [1.807, 2.05) is 6.92 Å². The highest BCUT2D eigenvalue weighted by atomic mass is 16.7. The van der Waals surface area contributed by atoms with Crippen molar-refractivity contribution in [2.45, 2.75) is 167 Å². The molecule has 0 amide bonds. The summed E-state index contributed by atoms with van der Waals surface area (Å²) in [6, 6.07) is 0. The summed E-state index contributed by atoms with van der Waals surface area (Å²) in [6.45, 7) is 12.0. The molecule has 4 saturated carbocycles. The van der Waals surface area contributed by atoms with Crippen LogP contribution in [0.3, 0.4) is 0 Å². The summed E-state index contributed by atoms with van der Waals surface area (Å²) in [7, 11) is 0. The highest BCUT2D eigenvalue weighted by Gasteiger charge is 2.71. The lowest BCUT2D eigenvalue weighted by Gasteiger charge is -2.71. The number of aliphatic hydroxyl groups is 8. The zero-order valence-electron chi connectivity index (χ0n) is 33.2. The number of ether oxygens (including phenoxy) is 4. The van der Waals surface area contributed by atoms with Crippen LogP contribution in [0.2, 0.25) is 0 Å². The second-order valence-electron chi connectivity index (χ2n) is 20.2. The fourth-order valence-electron chi connectivity index (χ4n) is 13.5. The predicted molar refractivity (Wildman–Crippen MR) is 195 cm³/mol. The van der Waals surface area contributed by atoms with E-state index in [1.54, 1.807) is 0 Å². The zero-order chi connectivity index (χ0) is 40.3. The Morgan fingerprint density at radius 2 is 1.47 bits per heavy atom. The number of fused-ring (bicyclic) bond motifs is 7. The topological polar surface area (TPSA) is 236 Å². The van der Waals surface area contributed by atoms with Gasteiger partial charge in [0.15, 0.2) is 12.6 Å². The van der Waals surface area contributed by atoms with Gasteiger partial charge in [-0.15, -0.1) is 0 Å². The van der Waals surface area contributed by atoms with Crippen LogP contribution >= 0.6 is 0 Å². The van der Waals surface area contributed by atoms with Crippen LogP contribution < -0.4 is 0 Å². The molecule has 5 aliphatic carbocycles. The number of hydrogen-bond acceptors (Lipinski definition) is 13. The largest absolute Gasteiger partial charge is 0.481 e. The van der Waals surface area contributed by atoms with Gasteiger partial charge in [0, 0.05) is 5.41 Å². The molecule has 9 N–H and O–H groups in total. The Kier molecular flexibility index (Phi) is 10.8. The number of hydrogen-bond donors (Lipinski definition) is 9. The molecule has 7 aliphatic rings. The van der Waals surface area contributed by atoms with Gasteiger partial charge >= 0.3 is 5.97 Å². The van der Waals surface area contributed by atoms with Crippen molar-refractivity contribution in [1.29, 1.82) is 0 Å². The van der Waals surface area contributed by atoms with E-state index in [4.69, 9.17) is 18.9 Å². The molecule has 0 aromatic heterocycles. The molecular formula is C41H66O14. The summed E-state index contributed by atoms with van der Waals surface area (Å²) in [6.07, 6.45) is -7.06. The molecule has 19 atom stereocenters. The van der Waals surface area contributed by atoms with Crippen LogP contribution in [0, 0.1) is 50.2 Å². The van der Waals surface area contributed by atoms with E-state index < -0.39 is 96.3 Å². The third-order valence-electron chi connectivity index (χ3n) is 17.0. The maximum atomic E-state index is 13.0. The smallest absolute Gasteiger partial charge is 0.310 e. The molecule has 0 aromatic rings. The fraction of sp³-hybridized carbons (Fsp3) is 0.927. The molecule has 14 heteroatoms. The minimum atomic E-state index is -1.74. The van der Waals surface area contributed by atoms with Crippen molar-refractivity contribution < 1.29 is 69.7 Å². The van der Waals surface area contributed by atoms with E-state index in [0.717, 1.165) is 38.5 Å². The summed E-state index contributed by atoms with van der Waals surface area (Å²) >= 11 is 0. The minimum Gasteiger partial charge on any atom is -0.481 e. The maximum absolute atomic E-state index is 13.0. The zero-order valence-corrected chi connectivity index (χ0v) is 33.2. The number of aliphatic hydroxyl groups excluding tert-OH is 8. The Labute approximate surface area is 323 Å². The summed E-state index contributed by atoms with van der Waals surface area (Å²) in [5.74, 6) is -0.704. The average Bonchev–Trinajstić information content (AvgIpc) is 3.12. The number of allylic oxidation sites excluding steroid dienone is 2. The van der Waals surface area contributed by atoms with Crippen LogP contribution in [0.1, 0.15) is 99.3 Å². The molecule has 2 aliphatic heterocycles. The van der Waals surface area contributed by atoms with Crippen molar-refractivity contribution in [3.63, 3.8) is 0 Å². The highest BCUT2D eigenvalue weighted by molar-refractivity contribution is 5.76. The van der Waals surface area contributed by atoms with Gasteiger partial charge in [-0.05, 0) is 97.2 Å². The Balaban J connectivity index is 1.13. The first-order valence-electron chi connectivity index (χ1n) is 20.5. The quantitative estimate of drug-likeness (QED) is 0.132. The predicted octanol–water partition coefficient (Wildman–Crippen LogP) is 1.46. The summed E-state index contributed by atoms with van der Waals surface area (Å²) in [5.41, 5.74) is -1.28. The first-order valence-corrected chi connectivity index (χ1v) is 20.5. The number of carboxylic acids is 1. The van der Waals surface area contributed by atoms with Crippen LogP contribution in [0.4, 0.5) is 0 Å². The van der Waals surface area contributed by atoms with E-state index in [2.05, 4.69) is 40.7 Å². The van der Waals surface area contributed by atoms with Gasteiger partial charge in [-0.25, -0.2) is 0 Å². The van der Waals surface area contributed by atoms with Crippen molar-refractivity contribution in [2.75, 3.05) is 19.8 Å². The van der Waals surface area contributed by atoms with Crippen LogP contribution in [0.5, 0.6) is 0 Å². The van der Waals surface area contributed by atoms with E-state index in [9.17, 15) is 50.8 Å². The van der Waals surface area contributed by atoms with Gasteiger partial charge in [0.05, 0.1) is 37.4 Å². The normalized spacial score (nSPS) is 54.9. The van der Waals surface area contributed by atoms with Crippen molar-refractivity contribution in [2.24, 2.45) is 50.2 Å². The van der Waals surface area contributed by atoms with Crippen LogP contribution in [-0.2, 0) is 23.7 Å². The molecule has 0 bridgehead atoms. The molecule has 14 nitrogen and oxygen atoms in total. The van der Waals surface area contributed by atoms with Crippen molar-refractivity contribution in [3.8, 4) is 0 Å². The lowest BCUT2D eigenvalue weighted by atomic mass is 9.33. The molecule has 314 valence electrons. The molecule has 2 heterocycles. The Bertz CT molecular complexity index is 1490. The second-order valence-corrected chi connectivity index (χ2v) is 20.2. The summed E-state index contributed by atoms with van der Waals surface area (Å²) < 4.78 is 23.4. The van der Waals surface area contributed by atoms with E-state index in [1.165, 1.54) is 5.57 Å². The van der Waals surface area contributed by atoms with Gasteiger partial charge in [-0.1, -0.05) is 53.2 Å². The van der Waals surface area contributed by atoms with Crippen LogP contribution in [0.25, 0.3) is 0 Å². The monoisotopic (exact) mass is 782 g/mol. The molecule has 0 aromatic carbocycles. The number of carbonyl (C=O) groups is 1. The van der Waals surface area contributed by atoms with Gasteiger partial charge < -0.3 is 64.9 Å². The third-order valence-corrected chi connectivity index (χ3v) is 17.0. The lowest BCUT2D eigenvalue weighted by Crippen LogP contribution is -2.69. The number of rotatable bonds is 7. The Morgan fingerprint density at radius 1 is 0.800 bits per heavy atom. The maximum Gasteiger partial charge on any atom is 0.310 e. The van der Waals surface area contributed by atoms with Gasteiger partial charge in [-0.2, -0.15) is 0 Å². The molecular weight excluding hydrogens is 716 g/mol. The molecule has 7 rings (SSSR count). The van der Waals surface area contributed by atoms with Crippen LogP contribution in [0.15, 0.2) is 11.6 Å². The fourth-order valence-corrected chi connectivity index (χ4v) is 13.5. The van der Waals surface area contributed by atoms with Gasteiger partial charge in [0.25, 0.3) is 0 Å². The highest BCUT2D eigenvalue weighted by Crippen LogP contribution is 2.76. The van der Waals surface area contributed by atoms with Crippen molar-refractivity contribution >= 4 is 5.97 Å². The molecule has 55 heavy (non-hydrogen) atoms. The van der Waals surface area contributed by atoms with Gasteiger partial charge in [0.2, 0.25) is 0 Å². The molecule has 0 unspecified atom stereocenters. The van der Waals surface area contributed by atoms with Crippen molar-refractivity contribution in [1.82, 2.24) is 0 Å². The summed E-state index contributed by atoms with van der Waals surface area (Å²) in [4.78, 5) is 13.0. The van der Waals surface area contributed by atoms with E-state index in [0.29, 0.717) is 19.3 Å². The molecule has 0 radical (unpaired) electrons. The second kappa shape index (κ2) is 14.2. The lowest BCUT2D eigenvalue weighted by molar-refractivity contribution is -0.368. The van der Waals surface area contributed by atoms with Crippen LogP contribution in [-0.4, -0.2) is 139 Å². The average molecular weight is 783 g/mol. The third kappa shape index (κ3) is 6.13. The van der Waals surface area contributed by atoms with E-state index >= 15 is 0 Å². The van der Waals surface area contributed by atoms with E-state index in [-0.39, 0.29) is 47.2 Å². The summed E-state index contributed by atoms with van der Waals surface area (Å²) in [5, 5.41) is 97.1. The number of aliphatic carboxylic acids is 1. The standard InChI is InChI=1S/C41H66O14/c1-36(2)11-13-41(35(50)51)14-12-39(5)20(21(41)15-36)7-8-26-37(3)16-22(44)32(38(4,19-43)25(37)9-10-40(26,39)6)55-34-30(49)28(47)31(24(17-42)53-34)54-33-29(48)27(46)23(45)18-52-33/h7,21-34,42-49H,8-19H2,1-6H3,(H,50,51)/t21-,22-,23+,24+,25+,26+,27-,28+,29+,30+,31+,32-,33-,34-,37-,38-,39+,40+,41-/m0/s1. The molecule has 6 fully saturated rings. The number of carboxylic acid groups (broad SMARTS) is 1. The van der Waals surface area contributed by atoms with Crippen molar-refractivity contribution in [3.05, 3.63) is 11.6 Å². The first-order chi connectivity index (χ1) is 25.6. The molecule has 2 saturated heterocycles. The SMILES string of the molecule is CC1(C)CC[C@]2(C(=O)O)CC[C@]3(C)C(=CC[C@@H]4[C@@]5(C)C[C@H](O)[C@H](O[C@@H]6O[C@H](CO)[C@@H](O[C@@H]7OC[C@@H](O)[C@H](O)[C@H]7O)[C@H](O)[C@H]6O)[C@@](C)(CO)[C@@H]5CC[C@]43C)[C@@H]2C1. The van der Waals surface area contributed by atoms with Gasteiger partial charge in [-0.3, -0.25) is 4.79 Å². The minimum absolute atomic E-state index is 0.0296. The Hall–Kier alpha value is -1.27.